The normalized spacial score (nSPS) is 18.2. The quantitative estimate of drug-likeness (QED) is 0.753. The van der Waals surface area contributed by atoms with Crippen LogP contribution < -0.4 is 4.90 Å². The maximum atomic E-state index is 13.1. The molecule has 1 aliphatic heterocycles. The third kappa shape index (κ3) is 3.28. The van der Waals surface area contributed by atoms with E-state index in [2.05, 4.69) is 5.16 Å². The van der Waals surface area contributed by atoms with Crippen LogP contribution in [0.4, 0.5) is 18.9 Å². The second-order valence-corrected chi connectivity index (χ2v) is 7.17. The number of anilines is 1. The number of aromatic nitrogens is 1. The van der Waals surface area contributed by atoms with Gasteiger partial charge in [-0.1, -0.05) is 12.1 Å². The first-order valence-corrected chi connectivity index (χ1v) is 8.27. The number of rotatable bonds is 1. The van der Waals surface area contributed by atoms with E-state index in [-0.39, 0.29) is 16.7 Å². The number of benzene rings is 1. The van der Waals surface area contributed by atoms with Gasteiger partial charge in [0.2, 0.25) is 5.76 Å². The van der Waals surface area contributed by atoms with Crippen LogP contribution in [-0.4, -0.2) is 22.9 Å². The van der Waals surface area contributed by atoms with Crippen LogP contribution in [0.5, 0.6) is 0 Å². The van der Waals surface area contributed by atoms with Gasteiger partial charge in [0.05, 0.1) is 16.9 Å². The Morgan fingerprint density at radius 3 is 2.75 bits per heavy atom. The Hall–Kier alpha value is -1.96. The van der Waals surface area contributed by atoms with E-state index in [9.17, 15) is 18.0 Å². The van der Waals surface area contributed by atoms with E-state index < -0.39 is 17.6 Å². The van der Waals surface area contributed by atoms with Crippen molar-refractivity contribution in [3.8, 4) is 0 Å². The molecule has 24 heavy (non-hydrogen) atoms. The summed E-state index contributed by atoms with van der Waals surface area (Å²) in [6, 6.07) is 4.99. The summed E-state index contributed by atoms with van der Waals surface area (Å²) in [5, 5.41) is 3.87. The van der Waals surface area contributed by atoms with Gasteiger partial charge in [0, 0.05) is 22.8 Å². The average molecular weight is 356 g/mol. The van der Waals surface area contributed by atoms with Crippen LogP contribution in [0.2, 0.25) is 0 Å². The van der Waals surface area contributed by atoms with Crippen molar-refractivity contribution in [3.05, 3.63) is 41.3 Å². The van der Waals surface area contributed by atoms with Gasteiger partial charge in [-0.25, -0.2) is 0 Å². The molecule has 1 unspecified atom stereocenters. The Morgan fingerprint density at radius 2 is 2.12 bits per heavy atom. The molecule has 2 aromatic rings. The van der Waals surface area contributed by atoms with E-state index in [0.717, 1.165) is 12.1 Å². The first-order chi connectivity index (χ1) is 11.3. The minimum absolute atomic E-state index is 0.0235. The van der Waals surface area contributed by atoms with E-state index >= 15 is 0 Å². The zero-order valence-corrected chi connectivity index (χ0v) is 13.9. The van der Waals surface area contributed by atoms with Crippen molar-refractivity contribution in [3.63, 3.8) is 0 Å². The number of hydrogen-bond acceptors (Lipinski definition) is 4. The average Bonchev–Trinajstić information content (AvgIpc) is 2.86. The van der Waals surface area contributed by atoms with E-state index in [1.54, 1.807) is 6.92 Å². The van der Waals surface area contributed by atoms with E-state index in [1.165, 1.54) is 28.8 Å². The van der Waals surface area contributed by atoms with Crippen LogP contribution in [0.15, 0.2) is 33.7 Å². The van der Waals surface area contributed by atoms with Crippen molar-refractivity contribution in [2.75, 3.05) is 11.4 Å². The molecule has 0 spiro atoms. The number of hydrogen-bond donors (Lipinski definition) is 0. The second-order valence-electron chi connectivity index (χ2n) is 5.69. The van der Waals surface area contributed by atoms with Gasteiger partial charge < -0.3 is 9.42 Å². The van der Waals surface area contributed by atoms with Gasteiger partial charge in [0.1, 0.15) is 0 Å². The summed E-state index contributed by atoms with van der Waals surface area (Å²) in [4.78, 5) is 14.7. The van der Waals surface area contributed by atoms with Crippen LogP contribution in [0, 0.1) is 6.92 Å². The topological polar surface area (TPSA) is 46.3 Å². The molecule has 0 saturated heterocycles. The van der Waals surface area contributed by atoms with Gasteiger partial charge in [-0.15, -0.1) is 11.8 Å². The van der Waals surface area contributed by atoms with Crippen molar-refractivity contribution in [2.45, 2.75) is 36.6 Å². The number of nitrogens with zero attached hydrogens (tertiary/aromatic N) is 2. The number of carbonyl (C=O) groups is 1. The first-order valence-electron chi connectivity index (χ1n) is 7.39. The molecule has 1 aromatic carbocycles. The van der Waals surface area contributed by atoms with Gasteiger partial charge in [0.25, 0.3) is 5.91 Å². The Labute approximate surface area is 141 Å². The molecular formula is C16H15F3N2O2S. The fourth-order valence-electron chi connectivity index (χ4n) is 2.52. The minimum atomic E-state index is -4.46. The summed E-state index contributed by atoms with van der Waals surface area (Å²) < 4.78 is 44.1. The molecule has 1 amide bonds. The van der Waals surface area contributed by atoms with Gasteiger partial charge in [0.15, 0.2) is 0 Å². The third-order valence-corrected chi connectivity index (χ3v) is 4.99. The molecule has 0 aliphatic carbocycles. The maximum absolute atomic E-state index is 13.1. The summed E-state index contributed by atoms with van der Waals surface area (Å²) >= 11 is 1.47. The zero-order valence-electron chi connectivity index (χ0n) is 13.1. The first kappa shape index (κ1) is 16.9. The smallest absolute Gasteiger partial charge is 0.351 e. The highest BCUT2D eigenvalue weighted by Crippen LogP contribution is 2.41. The lowest BCUT2D eigenvalue weighted by Crippen LogP contribution is -2.32. The molecule has 1 aliphatic rings. The maximum Gasteiger partial charge on any atom is 0.416 e. The molecule has 0 saturated carbocycles. The van der Waals surface area contributed by atoms with Gasteiger partial charge >= 0.3 is 6.18 Å². The molecule has 0 radical (unpaired) electrons. The summed E-state index contributed by atoms with van der Waals surface area (Å²) in [6.07, 6.45) is -3.80. The zero-order chi connectivity index (χ0) is 17.5. The number of aryl methyl sites for hydroxylation is 1. The second kappa shape index (κ2) is 6.16. The highest BCUT2D eigenvalue weighted by Gasteiger charge is 2.34. The van der Waals surface area contributed by atoms with E-state index in [0.29, 0.717) is 23.6 Å². The van der Waals surface area contributed by atoms with Crippen molar-refractivity contribution in [1.82, 2.24) is 5.16 Å². The molecule has 1 atom stereocenters. The largest absolute Gasteiger partial charge is 0.416 e. The fourth-order valence-corrected chi connectivity index (χ4v) is 3.61. The summed E-state index contributed by atoms with van der Waals surface area (Å²) in [5.41, 5.74) is 0.0290. The van der Waals surface area contributed by atoms with Crippen molar-refractivity contribution in [2.24, 2.45) is 0 Å². The van der Waals surface area contributed by atoms with Crippen molar-refractivity contribution in [1.29, 1.82) is 0 Å². The SMILES string of the molecule is Cc1cc(C(=O)N2CCC(C)Sc3ccc(C(F)(F)F)cc32)on1. The Morgan fingerprint density at radius 1 is 1.38 bits per heavy atom. The number of halogens is 3. The van der Waals surface area contributed by atoms with Gasteiger partial charge in [-0.2, -0.15) is 13.2 Å². The van der Waals surface area contributed by atoms with E-state index in [4.69, 9.17) is 4.52 Å². The molecule has 128 valence electrons. The minimum Gasteiger partial charge on any atom is -0.351 e. The molecule has 0 N–H and O–H groups in total. The Kier molecular flexibility index (Phi) is 4.33. The Bertz CT molecular complexity index is 773. The van der Waals surface area contributed by atoms with Gasteiger partial charge in [-0.05, 0) is 31.5 Å². The molecule has 0 fully saturated rings. The van der Waals surface area contributed by atoms with Crippen LogP contribution >= 0.6 is 11.8 Å². The molecule has 3 rings (SSSR count). The highest BCUT2D eigenvalue weighted by molar-refractivity contribution is 8.00. The van der Waals surface area contributed by atoms with Crippen LogP contribution in [0.1, 0.15) is 35.2 Å². The molecule has 0 bridgehead atoms. The lowest BCUT2D eigenvalue weighted by Gasteiger charge is -2.22. The summed E-state index contributed by atoms with van der Waals surface area (Å²) in [6.45, 7) is 3.98. The molecular weight excluding hydrogens is 341 g/mol. The van der Waals surface area contributed by atoms with Crippen molar-refractivity contribution >= 4 is 23.4 Å². The molecule has 4 nitrogen and oxygen atoms in total. The van der Waals surface area contributed by atoms with Crippen LogP contribution in [-0.2, 0) is 6.18 Å². The molecule has 8 heteroatoms. The number of thioether (sulfide) groups is 1. The highest BCUT2D eigenvalue weighted by atomic mass is 32.2. The van der Waals surface area contributed by atoms with Gasteiger partial charge in [-0.3, -0.25) is 4.79 Å². The predicted molar refractivity (Wildman–Crippen MR) is 84.3 cm³/mol. The number of carbonyl (C=O) groups excluding carboxylic acids is 1. The van der Waals surface area contributed by atoms with Crippen molar-refractivity contribution < 1.29 is 22.5 Å². The Balaban J connectivity index is 2.06. The number of fused-ring (bicyclic) bond motifs is 1. The monoisotopic (exact) mass is 356 g/mol. The lowest BCUT2D eigenvalue weighted by atomic mass is 10.1. The number of alkyl halides is 3. The number of amides is 1. The fraction of sp³-hybridized carbons (Fsp3) is 0.375. The molecule has 1 aromatic heterocycles. The summed E-state index contributed by atoms with van der Waals surface area (Å²) in [5.74, 6) is -0.457. The van der Waals surface area contributed by atoms with E-state index in [1.807, 2.05) is 6.92 Å². The van der Waals surface area contributed by atoms with Crippen LogP contribution in [0.3, 0.4) is 0 Å². The third-order valence-electron chi connectivity index (χ3n) is 3.75. The summed E-state index contributed by atoms with van der Waals surface area (Å²) in [7, 11) is 0. The van der Waals surface area contributed by atoms with Crippen LogP contribution in [0.25, 0.3) is 0 Å². The standard InChI is InChI=1S/C16H15F3N2O2S/c1-9-7-13(23-20-9)15(22)21-6-5-10(2)24-14-4-3-11(8-12(14)21)16(17,18)19/h3-4,7-8,10H,5-6H2,1-2H3. The molecule has 2 heterocycles. The lowest BCUT2D eigenvalue weighted by molar-refractivity contribution is -0.137. The predicted octanol–water partition coefficient (Wildman–Crippen LogP) is 4.53.